The highest BCUT2D eigenvalue weighted by Crippen LogP contribution is 2.20. The van der Waals surface area contributed by atoms with Gasteiger partial charge in [0.15, 0.2) is 0 Å². The summed E-state index contributed by atoms with van der Waals surface area (Å²) in [5.74, 6) is 0. The van der Waals surface area contributed by atoms with Crippen molar-refractivity contribution in [3.05, 3.63) is 65.7 Å². The third-order valence-electron chi connectivity index (χ3n) is 4.17. The lowest BCUT2D eigenvalue weighted by molar-refractivity contribution is 0.232. The first kappa shape index (κ1) is 18.8. The molecule has 0 saturated heterocycles. The first-order chi connectivity index (χ1) is 12.0. The summed E-state index contributed by atoms with van der Waals surface area (Å²) in [6, 6.07) is 18.3. The molecule has 2 aromatic rings. The predicted octanol–water partition coefficient (Wildman–Crippen LogP) is 2.85. The minimum absolute atomic E-state index is 0.124. The van der Waals surface area contributed by atoms with Gasteiger partial charge < -0.3 is 20.4 Å². The Balaban J connectivity index is 1.89. The van der Waals surface area contributed by atoms with E-state index in [4.69, 9.17) is 0 Å². The fourth-order valence-electron chi connectivity index (χ4n) is 2.62. The van der Waals surface area contributed by atoms with Crippen LogP contribution in [0.2, 0.25) is 0 Å². The summed E-state index contributed by atoms with van der Waals surface area (Å²) in [5, 5.41) is 5.86. The number of hydrogen-bond donors (Lipinski definition) is 2. The van der Waals surface area contributed by atoms with E-state index in [2.05, 4.69) is 44.7 Å². The number of rotatable bonds is 7. The molecule has 1 atom stereocenters. The number of urea groups is 1. The summed E-state index contributed by atoms with van der Waals surface area (Å²) in [6.45, 7) is 1.08. The van der Waals surface area contributed by atoms with Crippen molar-refractivity contribution in [3.63, 3.8) is 0 Å². The fraction of sp³-hybridized carbons (Fsp3) is 0.350. The van der Waals surface area contributed by atoms with Gasteiger partial charge in [0.1, 0.15) is 0 Å². The Labute approximate surface area is 150 Å². The van der Waals surface area contributed by atoms with Gasteiger partial charge in [-0.1, -0.05) is 42.5 Å². The van der Waals surface area contributed by atoms with E-state index >= 15 is 0 Å². The third kappa shape index (κ3) is 5.80. The van der Waals surface area contributed by atoms with Crippen LogP contribution in [0.4, 0.5) is 10.5 Å². The molecule has 25 heavy (non-hydrogen) atoms. The number of benzene rings is 2. The van der Waals surface area contributed by atoms with Gasteiger partial charge in [0.2, 0.25) is 0 Å². The van der Waals surface area contributed by atoms with E-state index in [0.29, 0.717) is 13.1 Å². The van der Waals surface area contributed by atoms with E-state index in [1.54, 1.807) is 0 Å². The molecule has 5 nitrogen and oxygen atoms in total. The first-order valence-corrected chi connectivity index (χ1v) is 8.46. The van der Waals surface area contributed by atoms with E-state index in [1.165, 1.54) is 5.56 Å². The van der Waals surface area contributed by atoms with Crippen molar-refractivity contribution in [2.24, 2.45) is 0 Å². The van der Waals surface area contributed by atoms with Crippen LogP contribution in [-0.4, -0.2) is 45.7 Å². The zero-order valence-corrected chi connectivity index (χ0v) is 15.5. The molecular formula is C20H28N4O. The quantitative estimate of drug-likeness (QED) is 0.815. The van der Waals surface area contributed by atoms with Gasteiger partial charge in [-0.25, -0.2) is 4.79 Å². The molecule has 0 aliphatic carbocycles. The van der Waals surface area contributed by atoms with Crippen molar-refractivity contribution < 1.29 is 4.79 Å². The topological polar surface area (TPSA) is 47.6 Å². The summed E-state index contributed by atoms with van der Waals surface area (Å²) in [4.78, 5) is 16.3. The SMILES string of the molecule is CN(C)c1ccc([C@@H](CNC(=O)NCc2ccccc2)N(C)C)cc1. The number of carbonyl (C=O) groups excluding carboxylic acids is 1. The molecule has 0 fully saturated rings. The lowest BCUT2D eigenvalue weighted by Gasteiger charge is -2.26. The monoisotopic (exact) mass is 340 g/mol. The van der Waals surface area contributed by atoms with E-state index in [9.17, 15) is 4.79 Å². The van der Waals surface area contributed by atoms with Gasteiger partial charge in [0.05, 0.1) is 6.04 Å². The number of likely N-dealkylation sites (N-methyl/N-ethyl adjacent to an activating group) is 1. The molecule has 0 spiro atoms. The minimum Gasteiger partial charge on any atom is -0.378 e. The summed E-state index contributed by atoms with van der Waals surface area (Å²) in [6.07, 6.45) is 0. The van der Waals surface area contributed by atoms with Gasteiger partial charge in [-0.2, -0.15) is 0 Å². The smallest absolute Gasteiger partial charge is 0.315 e. The van der Waals surface area contributed by atoms with Crippen molar-refractivity contribution in [2.75, 3.05) is 39.6 Å². The van der Waals surface area contributed by atoms with Gasteiger partial charge >= 0.3 is 6.03 Å². The Morgan fingerprint density at radius 2 is 1.56 bits per heavy atom. The maximum Gasteiger partial charge on any atom is 0.315 e. The van der Waals surface area contributed by atoms with Gasteiger partial charge in [-0.3, -0.25) is 0 Å². The normalized spacial score (nSPS) is 11.9. The van der Waals surface area contributed by atoms with Crippen molar-refractivity contribution in [3.8, 4) is 0 Å². The molecule has 2 aromatic carbocycles. The molecule has 0 saturated carbocycles. The number of carbonyl (C=O) groups is 1. The van der Waals surface area contributed by atoms with Crippen LogP contribution in [0.1, 0.15) is 17.2 Å². The number of nitrogens with one attached hydrogen (secondary N) is 2. The molecule has 0 heterocycles. The van der Waals surface area contributed by atoms with Crippen LogP contribution in [0.5, 0.6) is 0 Å². The summed E-state index contributed by atoms with van der Waals surface area (Å²) in [7, 11) is 8.09. The zero-order valence-electron chi connectivity index (χ0n) is 15.5. The maximum atomic E-state index is 12.1. The number of amides is 2. The fourth-order valence-corrected chi connectivity index (χ4v) is 2.62. The molecular weight excluding hydrogens is 312 g/mol. The van der Waals surface area contributed by atoms with Crippen LogP contribution in [0.25, 0.3) is 0 Å². The van der Waals surface area contributed by atoms with E-state index in [-0.39, 0.29) is 12.1 Å². The summed E-state index contributed by atoms with van der Waals surface area (Å²) < 4.78 is 0. The lowest BCUT2D eigenvalue weighted by atomic mass is 10.1. The Bertz CT molecular complexity index is 653. The average Bonchev–Trinajstić information content (AvgIpc) is 2.61. The second-order valence-corrected chi connectivity index (χ2v) is 6.51. The van der Waals surface area contributed by atoms with Gasteiger partial charge in [0.25, 0.3) is 0 Å². The van der Waals surface area contributed by atoms with Crippen LogP contribution < -0.4 is 15.5 Å². The maximum absolute atomic E-state index is 12.1. The van der Waals surface area contributed by atoms with Gasteiger partial charge in [-0.05, 0) is 37.4 Å². The molecule has 0 unspecified atom stereocenters. The minimum atomic E-state index is -0.152. The molecule has 0 aromatic heterocycles. The first-order valence-electron chi connectivity index (χ1n) is 8.46. The lowest BCUT2D eigenvalue weighted by Crippen LogP contribution is -2.40. The Hall–Kier alpha value is -2.53. The highest BCUT2D eigenvalue weighted by Gasteiger charge is 2.15. The molecule has 2 amide bonds. The van der Waals surface area contributed by atoms with Gasteiger partial charge in [-0.15, -0.1) is 0 Å². The summed E-state index contributed by atoms with van der Waals surface area (Å²) in [5.41, 5.74) is 3.43. The molecule has 0 radical (unpaired) electrons. The molecule has 5 heteroatoms. The molecule has 0 aliphatic heterocycles. The van der Waals surface area contributed by atoms with Crippen molar-refractivity contribution in [2.45, 2.75) is 12.6 Å². The average molecular weight is 340 g/mol. The van der Waals surface area contributed by atoms with E-state index in [0.717, 1.165) is 11.3 Å². The Morgan fingerprint density at radius 1 is 0.920 bits per heavy atom. The Kier molecular flexibility index (Phi) is 6.83. The second-order valence-electron chi connectivity index (χ2n) is 6.51. The molecule has 2 N–H and O–H groups in total. The number of nitrogens with zero attached hydrogens (tertiary/aromatic N) is 2. The standard InChI is InChI=1S/C20H28N4O/c1-23(2)18-12-10-17(11-13-18)19(24(3)4)15-22-20(25)21-14-16-8-6-5-7-9-16/h5-13,19H,14-15H2,1-4H3,(H2,21,22,25)/t19-/m1/s1. The number of hydrogen-bond acceptors (Lipinski definition) is 3. The molecule has 2 rings (SSSR count). The van der Waals surface area contributed by atoms with Crippen LogP contribution in [0, 0.1) is 0 Å². The largest absolute Gasteiger partial charge is 0.378 e. The van der Waals surface area contributed by atoms with Crippen molar-refractivity contribution in [1.82, 2.24) is 15.5 Å². The summed E-state index contributed by atoms with van der Waals surface area (Å²) >= 11 is 0. The van der Waals surface area contributed by atoms with E-state index < -0.39 is 0 Å². The molecule has 0 bridgehead atoms. The van der Waals surface area contributed by atoms with Crippen LogP contribution >= 0.6 is 0 Å². The van der Waals surface area contributed by atoms with Gasteiger partial charge in [0, 0.05) is 32.9 Å². The van der Waals surface area contributed by atoms with Crippen LogP contribution in [-0.2, 0) is 6.54 Å². The molecule has 0 aliphatic rings. The highest BCUT2D eigenvalue weighted by molar-refractivity contribution is 5.73. The molecule has 134 valence electrons. The zero-order chi connectivity index (χ0) is 18.2. The highest BCUT2D eigenvalue weighted by atomic mass is 16.2. The third-order valence-corrected chi connectivity index (χ3v) is 4.17. The van der Waals surface area contributed by atoms with Crippen LogP contribution in [0.3, 0.4) is 0 Å². The predicted molar refractivity (Wildman–Crippen MR) is 104 cm³/mol. The van der Waals surface area contributed by atoms with Crippen molar-refractivity contribution in [1.29, 1.82) is 0 Å². The second kappa shape index (κ2) is 9.08. The Morgan fingerprint density at radius 3 is 2.12 bits per heavy atom. The van der Waals surface area contributed by atoms with Crippen LogP contribution in [0.15, 0.2) is 54.6 Å². The van der Waals surface area contributed by atoms with Crippen molar-refractivity contribution >= 4 is 11.7 Å². The number of anilines is 1. The van der Waals surface area contributed by atoms with E-state index in [1.807, 2.05) is 58.5 Å².